The Hall–Kier alpha value is -2.56. The van der Waals surface area contributed by atoms with Crippen molar-refractivity contribution in [1.82, 2.24) is 14.9 Å². The summed E-state index contributed by atoms with van der Waals surface area (Å²) < 4.78 is 7.49. The molecule has 0 saturated heterocycles. The van der Waals surface area contributed by atoms with Crippen molar-refractivity contribution in [2.24, 2.45) is 0 Å². The Labute approximate surface area is 167 Å². The average molecular weight is 382 g/mol. The van der Waals surface area contributed by atoms with Crippen molar-refractivity contribution < 1.29 is 9.21 Å². The van der Waals surface area contributed by atoms with E-state index in [0.717, 1.165) is 30.7 Å². The van der Waals surface area contributed by atoms with E-state index in [-0.39, 0.29) is 5.91 Å². The first-order chi connectivity index (χ1) is 13.8. The molecule has 0 spiro atoms. The maximum Gasteiger partial charge on any atom is 0.286 e. The second-order valence-corrected chi connectivity index (χ2v) is 7.27. The molecule has 2 heterocycles. The summed E-state index contributed by atoms with van der Waals surface area (Å²) in [7, 11) is 0. The van der Waals surface area contributed by atoms with Crippen molar-refractivity contribution in [3.05, 3.63) is 54.2 Å². The maximum atomic E-state index is 11.9. The Morgan fingerprint density at radius 3 is 2.68 bits per heavy atom. The number of fused-ring (bicyclic) bond motifs is 1. The summed E-state index contributed by atoms with van der Waals surface area (Å²) in [4.78, 5) is 16.8. The molecule has 5 nitrogen and oxygen atoms in total. The van der Waals surface area contributed by atoms with Gasteiger partial charge in [0.2, 0.25) is 0 Å². The number of benzene rings is 1. The first kappa shape index (κ1) is 20.2. The lowest BCUT2D eigenvalue weighted by Crippen LogP contribution is -2.24. The van der Waals surface area contributed by atoms with Crippen molar-refractivity contribution in [1.29, 1.82) is 0 Å². The summed E-state index contributed by atoms with van der Waals surface area (Å²) >= 11 is 0. The van der Waals surface area contributed by atoms with E-state index >= 15 is 0 Å². The van der Waals surface area contributed by atoms with E-state index in [4.69, 9.17) is 9.40 Å². The average Bonchev–Trinajstić information content (AvgIpc) is 3.36. The zero-order valence-corrected chi connectivity index (χ0v) is 16.8. The smallest absolute Gasteiger partial charge is 0.286 e. The van der Waals surface area contributed by atoms with Gasteiger partial charge < -0.3 is 14.3 Å². The third-order valence-electron chi connectivity index (χ3n) is 5.08. The molecule has 0 unspecified atom stereocenters. The summed E-state index contributed by atoms with van der Waals surface area (Å²) in [6.45, 7) is 3.88. The van der Waals surface area contributed by atoms with E-state index in [1.807, 2.05) is 6.07 Å². The van der Waals surface area contributed by atoms with E-state index in [1.54, 1.807) is 12.1 Å². The fraction of sp³-hybridized carbons (Fsp3) is 0.478. The normalized spacial score (nSPS) is 11.2. The highest BCUT2D eigenvalue weighted by atomic mass is 16.3. The fourth-order valence-electron chi connectivity index (χ4n) is 3.56. The zero-order valence-electron chi connectivity index (χ0n) is 16.8. The Balaban J connectivity index is 1.53. The fourth-order valence-corrected chi connectivity index (χ4v) is 3.56. The van der Waals surface area contributed by atoms with Crippen LogP contribution in [0.25, 0.3) is 11.0 Å². The number of nitrogens with one attached hydrogen (secondary N) is 1. The number of hydrogen-bond acceptors (Lipinski definition) is 3. The molecule has 3 rings (SSSR count). The minimum atomic E-state index is -0.161. The first-order valence-electron chi connectivity index (χ1n) is 10.6. The van der Waals surface area contributed by atoms with E-state index in [0.29, 0.717) is 12.3 Å². The molecule has 0 aliphatic heterocycles. The standard InChI is InChI=1S/C23H31N3O2/c1-2-3-4-5-6-9-17-26-20-13-8-7-12-19(20)25-22(26)15-10-16-24-23(27)21-14-11-18-28-21/h7-8,11-14,18H,2-6,9-10,15-17H2,1H3,(H,24,27). The van der Waals surface area contributed by atoms with Gasteiger partial charge in [-0.05, 0) is 37.1 Å². The van der Waals surface area contributed by atoms with Crippen LogP contribution < -0.4 is 5.32 Å². The lowest BCUT2D eigenvalue weighted by atomic mass is 10.1. The van der Waals surface area contributed by atoms with Gasteiger partial charge in [0.25, 0.3) is 5.91 Å². The largest absolute Gasteiger partial charge is 0.459 e. The summed E-state index contributed by atoms with van der Waals surface area (Å²) in [5.41, 5.74) is 2.27. The zero-order chi connectivity index (χ0) is 19.6. The molecule has 0 aliphatic rings. The molecule has 0 aliphatic carbocycles. The van der Waals surface area contributed by atoms with Crippen LogP contribution >= 0.6 is 0 Å². The lowest BCUT2D eigenvalue weighted by molar-refractivity contribution is 0.0925. The molecular formula is C23H31N3O2. The molecule has 0 fully saturated rings. The number of para-hydroxylation sites is 2. The highest BCUT2D eigenvalue weighted by Crippen LogP contribution is 2.18. The van der Waals surface area contributed by atoms with Crippen molar-refractivity contribution in [2.45, 2.75) is 64.8 Å². The van der Waals surface area contributed by atoms with E-state index in [2.05, 4.69) is 35.0 Å². The van der Waals surface area contributed by atoms with Gasteiger partial charge in [0, 0.05) is 19.5 Å². The summed E-state index contributed by atoms with van der Waals surface area (Å²) in [5, 5.41) is 2.91. The predicted octanol–water partition coefficient (Wildman–Crippen LogP) is 5.35. The molecule has 1 N–H and O–H groups in total. The van der Waals surface area contributed by atoms with Gasteiger partial charge in [0.15, 0.2) is 5.76 Å². The van der Waals surface area contributed by atoms with Crippen LogP contribution in [0.3, 0.4) is 0 Å². The number of aromatic nitrogens is 2. The highest BCUT2D eigenvalue weighted by Gasteiger charge is 2.11. The predicted molar refractivity (Wildman–Crippen MR) is 112 cm³/mol. The van der Waals surface area contributed by atoms with Crippen LogP contribution in [0.2, 0.25) is 0 Å². The van der Waals surface area contributed by atoms with Crippen molar-refractivity contribution in [3.63, 3.8) is 0 Å². The molecule has 28 heavy (non-hydrogen) atoms. The van der Waals surface area contributed by atoms with E-state index < -0.39 is 0 Å². The second kappa shape index (κ2) is 10.7. The van der Waals surface area contributed by atoms with Gasteiger partial charge in [-0.15, -0.1) is 0 Å². The third kappa shape index (κ3) is 5.47. The lowest BCUT2D eigenvalue weighted by Gasteiger charge is -2.10. The molecule has 1 aromatic carbocycles. The monoisotopic (exact) mass is 381 g/mol. The van der Waals surface area contributed by atoms with Crippen LogP contribution in [-0.4, -0.2) is 22.0 Å². The number of rotatable bonds is 12. The van der Waals surface area contributed by atoms with Gasteiger partial charge in [-0.25, -0.2) is 4.98 Å². The number of furan rings is 1. The Kier molecular flexibility index (Phi) is 7.71. The molecule has 5 heteroatoms. The van der Waals surface area contributed by atoms with Crippen molar-refractivity contribution in [2.75, 3.05) is 6.54 Å². The highest BCUT2D eigenvalue weighted by molar-refractivity contribution is 5.91. The Bertz CT molecular complexity index is 852. The summed E-state index contributed by atoms with van der Waals surface area (Å²) in [6, 6.07) is 11.7. The van der Waals surface area contributed by atoms with Crippen LogP contribution in [0, 0.1) is 0 Å². The summed E-state index contributed by atoms with van der Waals surface area (Å²) in [6.07, 6.45) is 10.9. The number of aryl methyl sites for hydroxylation is 2. The van der Waals surface area contributed by atoms with Crippen molar-refractivity contribution in [3.8, 4) is 0 Å². The van der Waals surface area contributed by atoms with Crippen LogP contribution in [0.4, 0.5) is 0 Å². The van der Waals surface area contributed by atoms with Crippen molar-refractivity contribution >= 4 is 16.9 Å². The van der Waals surface area contributed by atoms with Crippen LogP contribution in [-0.2, 0) is 13.0 Å². The number of unbranched alkanes of at least 4 members (excludes halogenated alkanes) is 5. The minimum absolute atomic E-state index is 0.161. The first-order valence-corrected chi connectivity index (χ1v) is 10.6. The van der Waals surface area contributed by atoms with Gasteiger partial charge in [-0.3, -0.25) is 4.79 Å². The number of nitrogens with zero attached hydrogens (tertiary/aromatic N) is 2. The molecule has 0 saturated carbocycles. The topological polar surface area (TPSA) is 60.1 Å². The van der Waals surface area contributed by atoms with Gasteiger partial charge in [-0.1, -0.05) is 51.2 Å². The maximum absolute atomic E-state index is 11.9. The number of amides is 1. The molecule has 3 aromatic rings. The molecule has 150 valence electrons. The van der Waals surface area contributed by atoms with Gasteiger partial charge >= 0.3 is 0 Å². The van der Waals surface area contributed by atoms with E-state index in [1.165, 1.54) is 50.3 Å². The minimum Gasteiger partial charge on any atom is -0.459 e. The quantitative estimate of drug-likeness (QED) is 0.430. The molecular weight excluding hydrogens is 350 g/mol. The van der Waals surface area contributed by atoms with E-state index in [9.17, 15) is 4.79 Å². The van der Waals surface area contributed by atoms with Crippen LogP contribution in [0.15, 0.2) is 47.1 Å². The van der Waals surface area contributed by atoms with Gasteiger partial charge in [-0.2, -0.15) is 0 Å². The number of carbonyl (C=O) groups is 1. The van der Waals surface area contributed by atoms with Gasteiger partial charge in [0.05, 0.1) is 17.3 Å². The number of imidazole rings is 1. The molecule has 1 amide bonds. The molecule has 0 radical (unpaired) electrons. The Morgan fingerprint density at radius 1 is 1.04 bits per heavy atom. The number of hydrogen-bond donors (Lipinski definition) is 1. The van der Waals surface area contributed by atoms with Crippen LogP contribution in [0.1, 0.15) is 68.2 Å². The summed E-state index contributed by atoms with van der Waals surface area (Å²) in [5.74, 6) is 1.31. The van der Waals surface area contributed by atoms with Crippen LogP contribution in [0.5, 0.6) is 0 Å². The second-order valence-electron chi connectivity index (χ2n) is 7.27. The molecule has 2 aromatic heterocycles. The third-order valence-corrected chi connectivity index (χ3v) is 5.08. The SMILES string of the molecule is CCCCCCCCn1c(CCCNC(=O)c2ccco2)nc2ccccc21. The van der Waals surface area contributed by atoms with Gasteiger partial charge in [0.1, 0.15) is 5.82 Å². The molecule has 0 bridgehead atoms. The Morgan fingerprint density at radius 2 is 1.86 bits per heavy atom. The molecule has 0 atom stereocenters. The number of carbonyl (C=O) groups excluding carboxylic acids is 1.